The van der Waals surface area contributed by atoms with Gasteiger partial charge in [0.1, 0.15) is 5.82 Å². The van der Waals surface area contributed by atoms with Crippen molar-refractivity contribution in [3.63, 3.8) is 0 Å². The number of likely N-dealkylation sites (N-methyl/N-ethyl adjacent to an activating group) is 1. The van der Waals surface area contributed by atoms with Crippen LogP contribution < -0.4 is 10.2 Å². The van der Waals surface area contributed by atoms with E-state index >= 15 is 0 Å². The third kappa shape index (κ3) is 4.83. The van der Waals surface area contributed by atoms with E-state index in [1.54, 1.807) is 24.4 Å². The Kier molecular flexibility index (Phi) is 6.14. The summed E-state index contributed by atoms with van der Waals surface area (Å²) in [6.45, 7) is 4.50. The predicted molar refractivity (Wildman–Crippen MR) is 109 cm³/mol. The minimum atomic E-state index is -0.0981. The zero-order valence-electron chi connectivity index (χ0n) is 14.0. The Bertz CT molecular complexity index is 762. The van der Waals surface area contributed by atoms with Gasteiger partial charge in [-0.2, -0.15) is 0 Å². The lowest BCUT2D eigenvalue weighted by molar-refractivity contribution is 0.0950. The number of amides is 1. The number of nitrogens with zero attached hydrogens (tertiary/aromatic N) is 3. The Morgan fingerprint density at radius 3 is 2.72 bits per heavy atom. The first kappa shape index (κ1) is 18.4. The number of pyridine rings is 1. The van der Waals surface area contributed by atoms with Crippen LogP contribution in [0.25, 0.3) is 0 Å². The maximum absolute atomic E-state index is 12.4. The number of aromatic nitrogens is 1. The van der Waals surface area contributed by atoms with Gasteiger partial charge in [0.2, 0.25) is 0 Å². The first-order chi connectivity index (χ1) is 12.0. The summed E-state index contributed by atoms with van der Waals surface area (Å²) in [6, 6.07) is 9.26. The summed E-state index contributed by atoms with van der Waals surface area (Å²) in [5, 5.41) is 3.60. The maximum Gasteiger partial charge on any atom is 0.252 e. The molecule has 0 saturated carbocycles. The lowest BCUT2D eigenvalue weighted by Gasteiger charge is -2.33. The minimum absolute atomic E-state index is 0.0981. The van der Waals surface area contributed by atoms with Crippen molar-refractivity contribution in [2.75, 3.05) is 38.1 Å². The second kappa shape index (κ2) is 8.33. The molecule has 1 amide bonds. The molecule has 1 aromatic heterocycles. The van der Waals surface area contributed by atoms with Crippen LogP contribution in [0.4, 0.5) is 5.82 Å². The molecule has 132 valence electrons. The SMILES string of the molecule is CN1CCN(c2cc(CNC(=O)c3ccc(Cl)cc3I)ccn2)CC1. The summed E-state index contributed by atoms with van der Waals surface area (Å²) >= 11 is 8.07. The van der Waals surface area contributed by atoms with Gasteiger partial charge in [-0.15, -0.1) is 0 Å². The van der Waals surface area contributed by atoms with Crippen LogP contribution in [0.2, 0.25) is 5.02 Å². The Morgan fingerprint density at radius 2 is 2.00 bits per heavy atom. The Morgan fingerprint density at radius 1 is 1.24 bits per heavy atom. The van der Waals surface area contributed by atoms with Crippen LogP contribution in [0.3, 0.4) is 0 Å². The molecule has 3 rings (SSSR count). The molecule has 25 heavy (non-hydrogen) atoms. The Balaban J connectivity index is 1.63. The van der Waals surface area contributed by atoms with E-state index in [-0.39, 0.29) is 5.91 Å². The highest BCUT2D eigenvalue weighted by Crippen LogP contribution is 2.18. The van der Waals surface area contributed by atoms with E-state index in [0.29, 0.717) is 17.1 Å². The first-order valence-corrected chi connectivity index (χ1v) is 9.60. The van der Waals surface area contributed by atoms with E-state index in [4.69, 9.17) is 11.6 Å². The van der Waals surface area contributed by atoms with Gasteiger partial charge < -0.3 is 15.1 Å². The fourth-order valence-corrected chi connectivity index (χ4v) is 3.85. The van der Waals surface area contributed by atoms with Crippen molar-refractivity contribution in [1.29, 1.82) is 0 Å². The average molecular weight is 471 g/mol. The Hall–Kier alpha value is -1.38. The smallest absolute Gasteiger partial charge is 0.252 e. The van der Waals surface area contributed by atoms with Gasteiger partial charge in [0.25, 0.3) is 5.91 Å². The molecule has 2 heterocycles. The molecule has 1 aliphatic rings. The largest absolute Gasteiger partial charge is 0.354 e. The number of piperazine rings is 1. The van der Waals surface area contributed by atoms with E-state index in [2.05, 4.69) is 55.8 Å². The van der Waals surface area contributed by atoms with Crippen LogP contribution in [0.1, 0.15) is 15.9 Å². The molecule has 0 atom stereocenters. The fraction of sp³-hybridized carbons (Fsp3) is 0.333. The second-order valence-electron chi connectivity index (χ2n) is 6.12. The number of rotatable bonds is 4. The molecule has 0 unspecified atom stereocenters. The van der Waals surface area contributed by atoms with Crippen molar-refractivity contribution in [1.82, 2.24) is 15.2 Å². The number of anilines is 1. The molecule has 0 aliphatic carbocycles. The van der Waals surface area contributed by atoms with E-state index in [9.17, 15) is 4.79 Å². The zero-order chi connectivity index (χ0) is 17.8. The molecule has 1 saturated heterocycles. The molecular formula is C18H20ClIN4O. The normalized spacial score (nSPS) is 15.2. The third-order valence-corrected chi connectivity index (χ3v) is 5.39. The number of carbonyl (C=O) groups is 1. The highest BCUT2D eigenvalue weighted by molar-refractivity contribution is 14.1. The van der Waals surface area contributed by atoms with Crippen LogP contribution in [0.15, 0.2) is 36.5 Å². The van der Waals surface area contributed by atoms with Crippen molar-refractivity contribution < 1.29 is 4.79 Å². The fourth-order valence-electron chi connectivity index (χ4n) is 2.73. The summed E-state index contributed by atoms with van der Waals surface area (Å²) in [5.41, 5.74) is 1.68. The molecular weight excluding hydrogens is 451 g/mol. The summed E-state index contributed by atoms with van der Waals surface area (Å²) in [5.74, 6) is 0.875. The van der Waals surface area contributed by atoms with Gasteiger partial charge in [0, 0.05) is 47.5 Å². The maximum atomic E-state index is 12.4. The second-order valence-corrected chi connectivity index (χ2v) is 7.72. The molecule has 0 spiro atoms. The number of nitrogens with one attached hydrogen (secondary N) is 1. The quantitative estimate of drug-likeness (QED) is 0.698. The van der Waals surface area contributed by atoms with Gasteiger partial charge in [-0.1, -0.05) is 11.6 Å². The average Bonchev–Trinajstić information content (AvgIpc) is 2.60. The molecule has 5 nitrogen and oxygen atoms in total. The lowest BCUT2D eigenvalue weighted by Crippen LogP contribution is -2.44. The summed E-state index contributed by atoms with van der Waals surface area (Å²) in [7, 11) is 2.13. The van der Waals surface area contributed by atoms with Crippen molar-refractivity contribution in [2.45, 2.75) is 6.54 Å². The monoisotopic (exact) mass is 470 g/mol. The van der Waals surface area contributed by atoms with Gasteiger partial charge in [-0.3, -0.25) is 4.79 Å². The topological polar surface area (TPSA) is 48.5 Å². The molecule has 1 N–H and O–H groups in total. The third-order valence-electron chi connectivity index (χ3n) is 4.27. The zero-order valence-corrected chi connectivity index (χ0v) is 16.9. The van der Waals surface area contributed by atoms with Crippen LogP contribution in [0, 0.1) is 3.57 Å². The summed E-state index contributed by atoms with van der Waals surface area (Å²) < 4.78 is 0.843. The van der Waals surface area contributed by atoms with Crippen molar-refractivity contribution >= 4 is 45.9 Å². The number of hydrogen-bond donors (Lipinski definition) is 1. The molecule has 0 bridgehead atoms. The van der Waals surface area contributed by atoms with Crippen LogP contribution in [-0.2, 0) is 6.54 Å². The van der Waals surface area contributed by atoms with E-state index in [1.807, 2.05) is 6.07 Å². The van der Waals surface area contributed by atoms with Crippen LogP contribution >= 0.6 is 34.2 Å². The predicted octanol–water partition coefficient (Wildman–Crippen LogP) is 3.02. The van der Waals surface area contributed by atoms with Gasteiger partial charge in [-0.05, 0) is 65.5 Å². The van der Waals surface area contributed by atoms with Crippen molar-refractivity contribution in [2.24, 2.45) is 0 Å². The van der Waals surface area contributed by atoms with E-state index in [1.165, 1.54) is 0 Å². The number of hydrogen-bond acceptors (Lipinski definition) is 4. The van der Waals surface area contributed by atoms with E-state index in [0.717, 1.165) is 41.1 Å². The minimum Gasteiger partial charge on any atom is -0.354 e. The van der Waals surface area contributed by atoms with Crippen LogP contribution in [-0.4, -0.2) is 49.0 Å². The standard InChI is InChI=1S/C18H20ClIN4O/c1-23-6-8-24(9-7-23)17-10-13(4-5-21-17)12-22-18(25)15-3-2-14(19)11-16(15)20/h2-5,10-11H,6-9,12H2,1H3,(H,22,25). The highest BCUT2D eigenvalue weighted by Gasteiger charge is 2.16. The molecule has 1 aromatic carbocycles. The van der Waals surface area contributed by atoms with Gasteiger partial charge in [0.15, 0.2) is 0 Å². The summed E-state index contributed by atoms with van der Waals surface area (Å²) in [4.78, 5) is 21.5. The first-order valence-electron chi connectivity index (χ1n) is 8.14. The Labute approximate surface area is 166 Å². The van der Waals surface area contributed by atoms with Crippen molar-refractivity contribution in [3.8, 4) is 0 Å². The molecule has 7 heteroatoms. The number of halogens is 2. The van der Waals surface area contributed by atoms with Gasteiger partial charge >= 0.3 is 0 Å². The lowest BCUT2D eigenvalue weighted by atomic mass is 10.2. The number of carbonyl (C=O) groups excluding carboxylic acids is 1. The highest BCUT2D eigenvalue weighted by atomic mass is 127. The number of benzene rings is 1. The molecule has 0 radical (unpaired) electrons. The molecule has 1 fully saturated rings. The van der Waals surface area contributed by atoms with Crippen molar-refractivity contribution in [3.05, 3.63) is 56.2 Å². The van der Waals surface area contributed by atoms with Gasteiger partial charge in [-0.25, -0.2) is 4.98 Å². The molecule has 2 aromatic rings. The van der Waals surface area contributed by atoms with Crippen LogP contribution in [0.5, 0.6) is 0 Å². The van der Waals surface area contributed by atoms with E-state index < -0.39 is 0 Å². The molecule has 1 aliphatic heterocycles. The van der Waals surface area contributed by atoms with Gasteiger partial charge in [0.05, 0.1) is 5.56 Å². The summed E-state index contributed by atoms with van der Waals surface area (Å²) in [6.07, 6.45) is 1.81.